The summed E-state index contributed by atoms with van der Waals surface area (Å²) in [4.78, 5) is 18.9. The number of rotatable bonds is 10. The fraction of sp³-hybridized carbons (Fsp3) is 0.643. The van der Waals surface area contributed by atoms with Crippen LogP contribution >= 0.6 is 0 Å². The van der Waals surface area contributed by atoms with E-state index in [1.54, 1.807) is 19.5 Å². The molecule has 0 radical (unpaired) electrons. The number of nitrogens with zero attached hydrogens (tertiary/aromatic N) is 2. The maximum atomic E-state index is 10.6. The summed E-state index contributed by atoms with van der Waals surface area (Å²) in [5, 5.41) is 11.9. The van der Waals surface area contributed by atoms with Gasteiger partial charge in [-0.15, -0.1) is 0 Å². The first-order valence-corrected chi connectivity index (χ1v) is 6.97. The summed E-state index contributed by atoms with van der Waals surface area (Å²) < 4.78 is 5.01. The van der Waals surface area contributed by atoms with Crippen molar-refractivity contribution in [3.8, 4) is 5.88 Å². The normalized spacial score (nSPS) is 11.9. The van der Waals surface area contributed by atoms with Gasteiger partial charge in [0.05, 0.1) is 19.5 Å². The Morgan fingerprint density at radius 2 is 2.20 bits per heavy atom. The summed E-state index contributed by atoms with van der Waals surface area (Å²) >= 11 is 0. The van der Waals surface area contributed by atoms with E-state index in [1.165, 1.54) is 0 Å². The van der Waals surface area contributed by atoms with Gasteiger partial charge in [-0.3, -0.25) is 9.78 Å². The van der Waals surface area contributed by atoms with Gasteiger partial charge in [-0.2, -0.15) is 4.98 Å². The average molecular weight is 281 g/mol. The second-order valence-corrected chi connectivity index (χ2v) is 4.75. The molecular weight excluding hydrogens is 258 g/mol. The van der Waals surface area contributed by atoms with Gasteiger partial charge in [0.1, 0.15) is 5.82 Å². The van der Waals surface area contributed by atoms with Gasteiger partial charge in [-0.05, 0) is 18.8 Å². The Morgan fingerprint density at radius 3 is 2.85 bits per heavy atom. The van der Waals surface area contributed by atoms with Crippen molar-refractivity contribution in [2.45, 2.75) is 39.0 Å². The zero-order chi connectivity index (χ0) is 14.8. The summed E-state index contributed by atoms with van der Waals surface area (Å²) in [7, 11) is 1.55. The highest BCUT2D eigenvalue weighted by molar-refractivity contribution is 5.66. The van der Waals surface area contributed by atoms with Crippen LogP contribution in [0, 0.1) is 5.92 Å². The Morgan fingerprint density at radius 1 is 1.40 bits per heavy atom. The number of aliphatic carboxylic acids is 1. The number of aromatic nitrogens is 2. The minimum Gasteiger partial charge on any atom is -0.481 e. The number of carboxylic acids is 1. The van der Waals surface area contributed by atoms with E-state index in [2.05, 4.69) is 22.2 Å². The molecule has 6 heteroatoms. The topological polar surface area (TPSA) is 84.3 Å². The lowest BCUT2D eigenvalue weighted by molar-refractivity contribution is -0.137. The first kappa shape index (κ1) is 16.2. The van der Waals surface area contributed by atoms with E-state index in [9.17, 15) is 4.79 Å². The predicted molar refractivity (Wildman–Crippen MR) is 77.0 cm³/mol. The number of nitrogens with one attached hydrogen (secondary N) is 1. The maximum Gasteiger partial charge on any atom is 0.303 e. The monoisotopic (exact) mass is 281 g/mol. The van der Waals surface area contributed by atoms with Gasteiger partial charge in [0, 0.05) is 13.0 Å². The molecule has 2 N–H and O–H groups in total. The molecule has 0 saturated carbocycles. The van der Waals surface area contributed by atoms with Crippen LogP contribution < -0.4 is 10.1 Å². The fourth-order valence-electron chi connectivity index (χ4n) is 2.10. The van der Waals surface area contributed by atoms with Gasteiger partial charge in [-0.25, -0.2) is 0 Å². The zero-order valence-electron chi connectivity index (χ0n) is 12.1. The number of carboxylic acid groups (broad SMARTS) is 1. The minimum absolute atomic E-state index is 0.240. The lowest BCUT2D eigenvalue weighted by Gasteiger charge is -2.15. The largest absolute Gasteiger partial charge is 0.481 e. The molecule has 0 fully saturated rings. The molecule has 0 spiro atoms. The number of ether oxygens (including phenoxy) is 1. The van der Waals surface area contributed by atoms with Crippen LogP contribution in [0.25, 0.3) is 0 Å². The molecule has 1 rings (SSSR count). The van der Waals surface area contributed by atoms with Crippen molar-refractivity contribution in [2.75, 3.05) is 19.0 Å². The van der Waals surface area contributed by atoms with Crippen molar-refractivity contribution >= 4 is 11.8 Å². The van der Waals surface area contributed by atoms with Gasteiger partial charge in [0.25, 0.3) is 0 Å². The van der Waals surface area contributed by atoms with Crippen LogP contribution in [0.1, 0.15) is 39.0 Å². The molecule has 20 heavy (non-hydrogen) atoms. The number of hydrogen-bond acceptors (Lipinski definition) is 5. The second kappa shape index (κ2) is 9.12. The van der Waals surface area contributed by atoms with Crippen LogP contribution in [0.15, 0.2) is 12.4 Å². The Bertz CT molecular complexity index is 412. The highest BCUT2D eigenvalue weighted by Crippen LogP contribution is 2.18. The standard InChI is InChI=1S/C14H23N3O3/c1-3-4-11(5-6-14(18)19)7-8-16-12-9-15-10-13(17-12)20-2/h9-11H,3-8H2,1-2H3,(H,16,17)(H,18,19). The van der Waals surface area contributed by atoms with Crippen molar-refractivity contribution in [1.82, 2.24) is 9.97 Å². The highest BCUT2D eigenvalue weighted by atomic mass is 16.5. The summed E-state index contributed by atoms with van der Waals surface area (Å²) in [6, 6.07) is 0. The van der Waals surface area contributed by atoms with Gasteiger partial charge < -0.3 is 15.2 Å². The average Bonchev–Trinajstić information content (AvgIpc) is 2.45. The van der Waals surface area contributed by atoms with Gasteiger partial charge in [0.15, 0.2) is 0 Å². The molecule has 6 nitrogen and oxygen atoms in total. The molecule has 1 aromatic heterocycles. The number of anilines is 1. The summed E-state index contributed by atoms with van der Waals surface area (Å²) in [5.41, 5.74) is 0. The van der Waals surface area contributed by atoms with E-state index in [0.29, 0.717) is 17.6 Å². The Kier molecular flexibility index (Phi) is 7.39. The molecule has 0 saturated heterocycles. The second-order valence-electron chi connectivity index (χ2n) is 4.75. The third-order valence-corrected chi connectivity index (χ3v) is 3.14. The summed E-state index contributed by atoms with van der Waals surface area (Å²) in [5.74, 6) is 0.865. The molecule has 0 aliphatic rings. The quantitative estimate of drug-likeness (QED) is 0.685. The van der Waals surface area contributed by atoms with Gasteiger partial charge in [0.2, 0.25) is 5.88 Å². The van der Waals surface area contributed by atoms with Crippen molar-refractivity contribution in [3.63, 3.8) is 0 Å². The molecule has 0 bridgehead atoms. The highest BCUT2D eigenvalue weighted by Gasteiger charge is 2.10. The molecular formula is C14H23N3O3. The van der Waals surface area contributed by atoms with Crippen molar-refractivity contribution in [3.05, 3.63) is 12.4 Å². The van der Waals surface area contributed by atoms with E-state index in [0.717, 1.165) is 32.2 Å². The van der Waals surface area contributed by atoms with E-state index < -0.39 is 5.97 Å². The lowest BCUT2D eigenvalue weighted by atomic mass is 9.94. The first-order valence-electron chi connectivity index (χ1n) is 6.97. The number of methoxy groups -OCH3 is 1. The molecule has 112 valence electrons. The van der Waals surface area contributed by atoms with Crippen LogP contribution in [0.4, 0.5) is 5.82 Å². The Labute approximate surface area is 119 Å². The molecule has 0 aliphatic carbocycles. The molecule has 1 atom stereocenters. The van der Waals surface area contributed by atoms with E-state index in [1.807, 2.05) is 0 Å². The third kappa shape index (κ3) is 6.36. The zero-order valence-corrected chi connectivity index (χ0v) is 12.1. The molecule has 1 aromatic rings. The van der Waals surface area contributed by atoms with Crippen LogP contribution in [-0.2, 0) is 4.79 Å². The number of carbonyl (C=O) groups is 1. The van der Waals surface area contributed by atoms with Crippen molar-refractivity contribution in [2.24, 2.45) is 5.92 Å². The third-order valence-electron chi connectivity index (χ3n) is 3.14. The van der Waals surface area contributed by atoms with E-state index in [4.69, 9.17) is 9.84 Å². The van der Waals surface area contributed by atoms with Gasteiger partial charge >= 0.3 is 5.97 Å². The Balaban J connectivity index is 2.36. The Hall–Kier alpha value is -1.85. The van der Waals surface area contributed by atoms with Crippen LogP contribution in [0.5, 0.6) is 5.88 Å². The molecule has 0 amide bonds. The summed E-state index contributed by atoms with van der Waals surface area (Å²) in [6.45, 7) is 2.88. The molecule has 1 unspecified atom stereocenters. The smallest absolute Gasteiger partial charge is 0.303 e. The van der Waals surface area contributed by atoms with Crippen LogP contribution in [0.3, 0.4) is 0 Å². The molecule has 0 aliphatic heterocycles. The fourth-order valence-corrected chi connectivity index (χ4v) is 2.10. The van der Waals surface area contributed by atoms with Gasteiger partial charge in [-0.1, -0.05) is 19.8 Å². The number of hydrogen-bond donors (Lipinski definition) is 2. The predicted octanol–water partition coefficient (Wildman–Crippen LogP) is 2.57. The minimum atomic E-state index is -0.724. The van der Waals surface area contributed by atoms with E-state index in [-0.39, 0.29) is 6.42 Å². The van der Waals surface area contributed by atoms with Crippen molar-refractivity contribution < 1.29 is 14.6 Å². The van der Waals surface area contributed by atoms with Crippen molar-refractivity contribution in [1.29, 1.82) is 0 Å². The SMILES string of the molecule is CCCC(CCNc1cncc(OC)n1)CCC(=O)O. The van der Waals surface area contributed by atoms with Crippen LogP contribution in [-0.4, -0.2) is 34.7 Å². The maximum absolute atomic E-state index is 10.6. The van der Waals surface area contributed by atoms with Crippen LogP contribution in [0.2, 0.25) is 0 Å². The van der Waals surface area contributed by atoms with E-state index >= 15 is 0 Å². The lowest BCUT2D eigenvalue weighted by Crippen LogP contribution is -2.12. The first-order chi connectivity index (χ1) is 9.65. The molecule has 0 aromatic carbocycles. The summed E-state index contributed by atoms with van der Waals surface area (Å²) in [6.07, 6.45) is 7.23. The molecule has 1 heterocycles.